The lowest BCUT2D eigenvalue weighted by Crippen LogP contribution is -2.23. The van der Waals surface area contributed by atoms with E-state index >= 15 is 0 Å². The molecule has 0 amide bonds. The number of nitrogens with one attached hydrogen (secondary N) is 2. The summed E-state index contributed by atoms with van der Waals surface area (Å²) in [5.74, 6) is 6.40. The Morgan fingerprint density at radius 1 is 1.28 bits per heavy atom. The van der Waals surface area contributed by atoms with Gasteiger partial charge in [-0.05, 0) is 24.3 Å². The molecule has 1 aromatic rings. The molecule has 0 spiro atoms. The van der Waals surface area contributed by atoms with Gasteiger partial charge in [0.1, 0.15) is 5.82 Å². The number of rotatable bonds is 4. The molecule has 0 unspecified atom stereocenters. The van der Waals surface area contributed by atoms with Crippen LogP contribution in [0, 0.1) is 5.41 Å². The molecule has 0 atom stereocenters. The van der Waals surface area contributed by atoms with Gasteiger partial charge in [-0.25, -0.2) is 10.8 Å². The lowest BCUT2D eigenvalue weighted by atomic mass is 9.89. The van der Waals surface area contributed by atoms with Crippen molar-refractivity contribution in [3.05, 3.63) is 16.1 Å². The molecule has 18 heavy (non-hydrogen) atoms. The zero-order chi connectivity index (χ0) is 13.2. The highest BCUT2D eigenvalue weighted by Crippen LogP contribution is 2.38. The van der Waals surface area contributed by atoms with Crippen LogP contribution < -0.4 is 16.6 Å². The minimum absolute atomic E-state index is 0.334. The highest BCUT2D eigenvalue weighted by Gasteiger charge is 2.28. The first kappa shape index (κ1) is 13.7. The molecule has 4 N–H and O–H groups in total. The van der Waals surface area contributed by atoms with Crippen LogP contribution in [0.5, 0.6) is 0 Å². The Labute approximate surface area is 117 Å². The second kappa shape index (κ2) is 5.51. The van der Waals surface area contributed by atoms with E-state index in [1.165, 1.54) is 25.7 Å². The fourth-order valence-corrected chi connectivity index (χ4v) is 2.87. The first-order valence-electron chi connectivity index (χ1n) is 6.11. The lowest BCUT2D eigenvalue weighted by molar-refractivity contribution is 0.361. The van der Waals surface area contributed by atoms with Crippen LogP contribution in [0.4, 0.5) is 11.6 Å². The monoisotopic (exact) mass is 288 g/mol. The van der Waals surface area contributed by atoms with Crippen molar-refractivity contribution in [2.45, 2.75) is 32.6 Å². The van der Waals surface area contributed by atoms with Gasteiger partial charge in [0.2, 0.25) is 0 Å². The van der Waals surface area contributed by atoms with E-state index in [1.54, 1.807) is 6.07 Å². The van der Waals surface area contributed by atoms with Gasteiger partial charge in [-0.1, -0.05) is 43.0 Å². The average Bonchev–Trinajstić information content (AvgIpc) is 2.76. The Bertz CT molecular complexity index is 430. The second-order valence-corrected chi connectivity index (χ2v) is 5.98. The van der Waals surface area contributed by atoms with Crippen molar-refractivity contribution in [2.24, 2.45) is 11.3 Å². The third kappa shape index (κ3) is 2.99. The van der Waals surface area contributed by atoms with Gasteiger partial charge in [-0.15, -0.1) is 0 Å². The summed E-state index contributed by atoms with van der Waals surface area (Å²) >= 11 is 12.1. The molecule has 1 aromatic heterocycles. The number of hydrogen-bond acceptors (Lipinski definition) is 4. The minimum Gasteiger partial charge on any atom is -0.368 e. The molecule has 0 saturated heterocycles. The summed E-state index contributed by atoms with van der Waals surface area (Å²) in [6, 6.07) is 1.64. The molecule has 0 aromatic carbocycles. The van der Waals surface area contributed by atoms with E-state index in [1.807, 2.05) is 0 Å². The first-order valence-corrected chi connectivity index (χ1v) is 6.86. The minimum atomic E-state index is 0.334. The maximum absolute atomic E-state index is 6.11. The Morgan fingerprint density at radius 3 is 2.50 bits per heavy atom. The van der Waals surface area contributed by atoms with Gasteiger partial charge in [0.05, 0.1) is 10.0 Å². The smallest absolute Gasteiger partial charge is 0.161 e. The van der Waals surface area contributed by atoms with Gasteiger partial charge in [0.15, 0.2) is 5.82 Å². The Kier molecular flexibility index (Phi) is 4.20. The van der Waals surface area contributed by atoms with Crippen LogP contribution in [-0.2, 0) is 0 Å². The van der Waals surface area contributed by atoms with Crippen molar-refractivity contribution in [1.29, 1.82) is 0 Å². The summed E-state index contributed by atoms with van der Waals surface area (Å²) in [6.07, 6.45) is 5.09. The standard InChI is InChI=1S/C12H18Cl2N4/c1-12(4-2-3-5-12)7-16-10-8(13)6-9(14)11(17-10)18-15/h6H,2-5,7,15H2,1H3,(H2,16,17,18). The predicted octanol–water partition coefficient (Wildman–Crippen LogP) is 3.67. The zero-order valence-electron chi connectivity index (χ0n) is 10.4. The summed E-state index contributed by atoms with van der Waals surface area (Å²) in [7, 11) is 0. The summed E-state index contributed by atoms with van der Waals surface area (Å²) in [6.45, 7) is 3.16. The van der Waals surface area contributed by atoms with Crippen LogP contribution >= 0.6 is 23.2 Å². The van der Waals surface area contributed by atoms with E-state index < -0.39 is 0 Å². The van der Waals surface area contributed by atoms with Gasteiger partial charge in [0.25, 0.3) is 0 Å². The molecule has 1 fully saturated rings. The molecule has 1 aliphatic carbocycles. The molecular formula is C12H18Cl2N4. The van der Waals surface area contributed by atoms with Crippen LogP contribution in [0.3, 0.4) is 0 Å². The van der Waals surface area contributed by atoms with Gasteiger partial charge < -0.3 is 10.7 Å². The summed E-state index contributed by atoms with van der Waals surface area (Å²) in [4.78, 5) is 4.27. The molecule has 1 saturated carbocycles. The van der Waals surface area contributed by atoms with Crippen LogP contribution in [0.15, 0.2) is 6.07 Å². The van der Waals surface area contributed by atoms with Crippen LogP contribution in [0.2, 0.25) is 10.0 Å². The number of nitrogens with two attached hydrogens (primary N) is 1. The third-order valence-electron chi connectivity index (χ3n) is 3.56. The van der Waals surface area contributed by atoms with E-state index in [0.29, 0.717) is 27.1 Å². The fraction of sp³-hybridized carbons (Fsp3) is 0.583. The van der Waals surface area contributed by atoms with Crippen molar-refractivity contribution in [3.63, 3.8) is 0 Å². The largest absolute Gasteiger partial charge is 0.368 e. The second-order valence-electron chi connectivity index (χ2n) is 5.16. The molecular weight excluding hydrogens is 271 g/mol. The van der Waals surface area contributed by atoms with Crippen LogP contribution in [0.1, 0.15) is 32.6 Å². The third-order valence-corrected chi connectivity index (χ3v) is 4.14. The maximum atomic E-state index is 6.11. The van der Waals surface area contributed by atoms with Gasteiger partial charge >= 0.3 is 0 Å². The number of nitrogens with zero attached hydrogens (tertiary/aromatic N) is 1. The topological polar surface area (TPSA) is 63.0 Å². The maximum Gasteiger partial charge on any atom is 0.161 e. The van der Waals surface area contributed by atoms with Crippen molar-refractivity contribution < 1.29 is 0 Å². The number of nitrogen functional groups attached to an aromatic ring is 1. The highest BCUT2D eigenvalue weighted by molar-refractivity contribution is 6.37. The fourth-order valence-electron chi connectivity index (χ4n) is 2.39. The molecule has 6 heteroatoms. The highest BCUT2D eigenvalue weighted by atomic mass is 35.5. The number of aromatic nitrogens is 1. The molecule has 2 rings (SSSR count). The van der Waals surface area contributed by atoms with E-state index in [2.05, 4.69) is 22.7 Å². The lowest BCUT2D eigenvalue weighted by Gasteiger charge is -2.24. The van der Waals surface area contributed by atoms with Crippen LogP contribution in [-0.4, -0.2) is 11.5 Å². The number of halogens is 2. The molecule has 1 heterocycles. The van der Waals surface area contributed by atoms with E-state index in [-0.39, 0.29) is 0 Å². The molecule has 0 aliphatic heterocycles. The van der Waals surface area contributed by atoms with Crippen molar-refractivity contribution in [1.82, 2.24) is 4.98 Å². The molecule has 0 bridgehead atoms. The molecule has 0 radical (unpaired) electrons. The summed E-state index contributed by atoms with van der Waals surface area (Å²) in [5.41, 5.74) is 2.79. The number of hydrazine groups is 1. The van der Waals surface area contributed by atoms with Gasteiger partial charge in [-0.3, -0.25) is 0 Å². The van der Waals surface area contributed by atoms with E-state index in [4.69, 9.17) is 29.0 Å². The number of hydrogen-bond donors (Lipinski definition) is 3. The molecule has 4 nitrogen and oxygen atoms in total. The Balaban J connectivity index is 2.09. The van der Waals surface area contributed by atoms with E-state index in [9.17, 15) is 0 Å². The SMILES string of the molecule is CC1(CNc2nc(NN)c(Cl)cc2Cl)CCCC1. The Morgan fingerprint density at radius 2 is 1.89 bits per heavy atom. The van der Waals surface area contributed by atoms with E-state index in [0.717, 1.165) is 6.54 Å². The zero-order valence-corrected chi connectivity index (χ0v) is 11.9. The quantitative estimate of drug-likeness (QED) is 0.584. The van der Waals surface area contributed by atoms with Gasteiger partial charge in [-0.2, -0.15) is 0 Å². The molecule has 1 aliphatic rings. The number of pyridine rings is 1. The number of anilines is 2. The molecule has 100 valence electrons. The van der Waals surface area contributed by atoms with Crippen molar-refractivity contribution >= 4 is 34.8 Å². The Hall–Kier alpha value is -0.710. The van der Waals surface area contributed by atoms with Crippen LogP contribution in [0.25, 0.3) is 0 Å². The first-order chi connectivity index (χ1) is 8.54. The van der Waals surface area contributed by atoms with Crippen molar-refractivity contribution in [3.8, 4) is 0 Å². The predicted molar refractivity (Wildman–Crippen MR) is 77.1 cm³/mol. The normalized spacial score (nSPS) is 17.8. The summed E-state index contributed by atoms with van der Waals surface area (Å²) < 4.78 is 0. The van der Waals surface area contributed by atoms with Gasteiger partial charge in [0, 0.05) is 6.54 Å². The van der Waals surface area contributed by atoms with Crippen molar-refractivity contribution in [2.75, 3.05) is 17.3 Å². The average molecular weight is 289 g/mol. The summed E-state index contributed by atoms with van der Waals surface area (Å²) in [5, 5.41) is 4.23.